The molecule has 0 bridgehead atoms. The zero-order valence-corrected chi connectivity index (χ0v) is 21.1. The lowest BCUT2D eigenvalue weighted by Crippen LogP contribution is -2.47. The van der Waals surface area contributed by atoms with E-state index in [4.69, 9.17) is 20.2 Å². The summed E-state index contributed by atoms with van der Waals surface area (Å²) < 4.78 is 11.7. The largest absolute Gasteiger partial charge is 0.495 e. The van der Waals surface area contributed by atoms with Crippen molar-refractivity contribution in [2.75, 3.05) is 37.4 Å². The molecule has 1 aromatic heterocycles. The molecule has 2 atom stereocenters. The zero-order valence-electron chi connectivity index (χ0n) is 21.1. The van der Waals surface area contributed by atoms with Crippen LogP contribution in [0.1, 0.15) is 11.7 Å². The molecule has 9 heteroatoms. The number of aromatic nitrogens is 2. The predicted molar refractivity (Wildman–Crippen MR) is 150 cm³/mol. The van der Waals surface area contributed by atoms with Crippen molar-refractivity contribution in [3.05, 3.63) is 85.1 Å². The van der Waals surface area contributed by atoms with Crippen LogP contribution in [-0.4, -0.2) is 48.7 Å². The van der Waals surface area contributed by atoms with Crippen molar-refractivity contribution in [1.82, 2.24) is 15.3 Å². The van der Waals surface area contributed by atoms with Gasteiger partial charge in [0.25, 0.3) is 0 Å². The summed E-state index contributed by atoms with van der Waals surface area (Å²) in [5.41, 5.74) is 10.9. The Morgan fingerprint density at radius 2 is 2.11 bits per heavy atom. The van der Waals surface area contributed by atoms with E-state index in [-0.39, 0.29) is 18.1 Å². The number of nitrogens with zero attached hydrogens (tertiary/aromatic N) is 2. The second-order valence-corrected chi connectivity index (χ2v) is 8.88. The molecule has 0 saturated carbocycles. The van der Waals surface area contributed by atoms with Crippen molar-refractivity contribution in [3.8, 4) is 16.9 Å². The van der Waals surface area contributed by atoms with Gasteiger partial charge in [-0.2, -0.15) is 0 Å². The highest BCUT2D eigenvalue weighted by atomic mass is 16.5. The Morgan fingerprint density at radius 3 is 2.92 bits per heavy atom. The molecule has 4 aromatic rings. The molecule has 1 fully saturated rings. The number of nitrogens with two attached hydrogens (primary N) is 1. The van der Waals surface area contributed by atoms with Crippen LogP contribution in [0.2, 0.25) is 0 Å². The molecule has 1 unspecified atom stereocenters. The van der Waals surface area contributed by atoms with Gasteiger partial charge in [-0.1, -0.05) is 43.0 Å². The van der Waals surface area contributed by atoms with Crippen molar-refractivity contribution >= 4 is 34.1 Å². The molecule has 5 N–H and O–H groups in total. The van der Waals surface area contributed by atoms with Gasteiger partial charge < -0.3 is 31.2 Å². The van der Waals surface area contributed by atoms with Gasteiger partial charge in [0.05, 0.1) is 31.0 Å². The topological polar surface area (TPSA) is 123 Å². The van der Waals surface area contributed by atoms with Crippen LogP contribution >= 0.6 is 0 Å². The molecule has 194 valence electrons. The first kappa shape index (κ1) is 25.3. The fourth-order valence-corrected chi connectivity index (χ4v) is 4.60. The summed E-state index contributed by atoms with van der Waals surface area (Å²) in [5, 5.41) is 10.4. The highest BCUT2D eigenvalue weighted by molar-refractivity contribution is 6.00. The lowest BCUT2D eigenvalue weighted by Gasteiger charge is -2.32. The van der Waals surface area contributed by atoms with Gasteiger partial charge in [0.1, 0.15) is 5.75 Å². The number of anilines is 3. The van der Waals surface area contributed by atoms with E-state index in [0.717, 1.165) is 39.8 Å². The van der Waals surface area contributed by atoms with Gasteiger partial charge >= 0.3 is 0 Å². The summed E-state index contributed by atoms with van der Waals surface area (Å²) in [4.78, 5) is 21.1. The van der Waals surface area contributed by atoms with Gasteiger partial charge in [0.15, 0.2) is 0 Å². The van der Waals surface area contributed by atoms with Gasteiger partial charge in [0.2, 0.25) is 11.9 Å². The molecule has 1 aliphatic rings. The number of fused-ring (bicyclic) bond motifs is 1. The van der Waals surface area contributed by atoms with E-state index in [1.54, 1.807) is 13.3 Å². The van der Waals surface area contributed by atoms with Gasteiger partial charge in [-0.05, 0) is 41.5 Å². The minimum atomic E-state index is -0.265. The van der Waals surface area contributed by atoms with Crippen LogP contribution in [0.25, 0.3) is 22.0 Å². The minimum absolute atomic E-state index is 0.0399. The monoisotopic (exact) mass is 510 g/mol. The lowest BCUT2D eigenvalue weighted by atomic mass is 10.00. The van der Waals surface area contributed by atoms with Crippen LogP contribution in [0.15, 0.2) is 79.5 Å². The molecular formula is C29H30N6O3. The molecule has 1 amide bonds. The number of methoxy groups -OCH3 is 1. The molecule has 9 nitrogen and oxygen atoms in total. The summed E-state index contributed by atoms with van der Waals surface area (Å²) in [7, 11) is 1.63. The number of amides is 1. The first-order valence-corrected chi connectivity index (χ1v) is 12.4. The van der Waals surface area contributed by atoms with E-state index in [2.05, 4.69) is 27.5 Å². The fourth-order valence-electron chi connectivity index (χ4n) is 4.60. The third-order valence-corrected chi connectivity index (χ3v) is 6.46. The number of nitrogens with one attached hydrogen (secondary N) is 3. The Kier molecular flexibility index (Phi) is 7.60. The quantitative estimate of drug-likeness (QED) is 0.261. The average molecular weight is 511 g/mol. The number of carbonyl (C=O) groups is 1. The van der Waals surface area contributed by atoms with E-state index in [1.807, 2.05) is 60.7 Å². The van der Waals surface area contributed by atoms with Crippen LogP contribution in [-0.2, 0) is 9.53 Å². The van der Waals surface area contributed by atoms with Gasteiger partial charge in [0, 0.05) is 42.0 Å². The summed E-state index contributed by atoms with van der Waals surface area (Å²) >= 11 is 0. The van der Waals surface area contributed by atoms with Gasteiger partial charge in [-0.3, -0.25) is 4.79 Å². The van der Waals surface area contributed by atoms with Crippen LogP contribution < -0.4 is 26.4 Å². The van der Waals surface area contributed by atoms with E-state index in [1.165, 1.54) is 6.08 Å². The minimum Gasteiger partial charge on any atom is -0.495 e. The zero-order chi connectivity index (χ0) is 26.5. The van der Waals surface area contributed by atoms with E-state index < -0.39 is 0 Å². The number of carbonyl (C=O) groups excluding carboxylic acids is 1. The summed E-state index contributed by atoms with van der Waals surface area (Å²) in [6, 6.07) is 19.5. The van der Waals surface area contributed by atoms with Gasteiger partial charge in [-0.15, -0.1) is 0 Å². The number of ether oxygens (including phenoxy) is 2. The second kappa shape index (κ2) is 11.4. The van der Waals surface area contributed by atoms with E-state index in [9.17, 15) is 4.79 Å². The number of rotatable bonds is 8. The normalized spacial score (nSPS) is 17.1. The van der Waals surface area contributed by atoms with Gasteiger partial charge in [-0.25, -0.2) is 9.97 Å². The van der Waals surface area contributed by atoms with Crippen LogP contribution in [0.3, 0.4) is 0 Å². The van der Waals surface area contributed by atoms with E-state index in [0.29, 0.717) is 30.5 Å². The second-order valence-electron chi connectivity index (χ2n) is 8.88. The molecule has 5 rings (SSSR count). The highest BCUT2D eigenvalue weighted by Crippen LogP contribution is 2.34. The Labute approximate surface area is 221 Å². The molecule has 3 aromatic carbocycles. The average Bonchev–Trinajstić information content (AvgIpc) is 2.97. The first-order chi connectivity index (χ1) is 18.6. The molecule has 38 heavy (non-hydrogen) atoms. The molecule has 0 spiro atoms. The SMILES string of the molecule is C=CC(=O)Nc1cccc(-c2cccc3cnc(Nc4ccc([C@@H]5OCCNC5CN)cc4OC)nc23)c1. The first-order valence-electron chi connectivity index (χ1n) is 12.4. The number of hydrogen-bond acceptors (Lipinski definition) is 8. The number of morpholine rings is 1. The number of benzene rings is 3. The maximum atomic E-state index is 11.8. The van der Waals surface area contributed by atoms with Crippen molar-refractivity contribution in [3.63, 3.8) is 0 Å². The summed E-state index contributed by atoms with van der Waals surface area (Å²) in [6.45, 7) is 5.39. The number of hydrogen-bond donors (Lipinski definition) is 4. The maximum Gasteiger partial charge on any atom is 0.247 e. The lowest BCUT2D eigenvalue weighted by molar-refractivity contribution is -0.111. The Bertz CT molecular complexity index is 1470. The van der Waals surface area contributed by atoms with Crippen LogP contribution in [0, 0.1) is 0 Å². The van der Waals surface area contributed by atoms with Crippen LogP contribution in [0.4, 0.5) is 17.3 Å². The Hall–Kier alpha value is -4.31. The van der Waals surface area contributed by atoms with Crippen molar-refractivity contribution in [2.24, 2.45) is 5.73 Å². The van der Waals surface area contributed by atoms with Crippen molar-refractivity contribution in [1.29, 1.82) is 0 Å². The Balaban J connectivity index is 1.46. The van der Waals surface area contributed by atoms with Crippen molar-refractivity contribution in [2.45, 2.75) is 12.1 Å². The molecule has 0 aliphatic carbocycles. The van der Waals surface area contributed by atoms with Crippen molar-refractivity contribution < 1.29 is 14.3 Å². The summed E-state index contributed by atoms with van der Waals surface area (Å²) in [6.07, 6.45) is 2.88. The molecule has 0 radical (unpaired) electrons. The molecular weight excluding hydrogens is 480 g/mol. The maximum absolute atomic E-state index is 11.8. The smallest absolute Gasteiger partial charge is 0.247 e. The predicted octanol–water partition coefficient (Wildman–Crippen LogP) is 4.16. The number of para-hydroxylation sites is 1. The molecule has 1 aliphatic heterocycles. The van der Waals surface area contributed by atoms with Crippen LogP contribution in [0.5, 0.6) is 5.75 Å². The summed E-state index contributed by atoms with van der Waals surface area (Å²) in [5.74, 6) is 0.816. The molecule has 2 heterocycles. The fraction of sp³-hybridized carbons (Fsp3) is 0.207. The standard InChI is InChI=1S/C29H30N6O3/c1-3-26(36)33-21-8-4-6-18(14-21)22-9-5-7-20-17-32-29(35-27(20)22)34-23-11-10-19(15-25(23)37-2)28-24(16-30)31-12-13-38-28/h3-11,14-15,17,24,28,31H,1,12-13,16,30H2,2H3,(H,33,36)(H,32,34,35)/t24?,28-/m0/s1. The molecule has 1 saturated heterocycles. The third-order valence-electron chi connectivity index (χ3n) is 6.46. The highest BCUT2D eigenvalue weighted by Gasteiger charge is 2.26. The Morgan fingerprint density at radius 1 is 1.24 bits per heavy atom. The van der Waals surface area contributed by atoms with E-state index >= 15 is 0 Å². The third kappa shape index (κ3) is 5.35.